The van der Waals surface area contributed by atoms with Crippen LogP contribution in [0.1, 0.15) is 12.0 Å². The smallest absolute Gasteiger partial charge is 0.422 e. The summed E-state index contributed by atoms with van der Waals surface area (Å²) in [5, 5.41) is 2.15. The summed E-state index contributed by atoms with van der Waals surface area (Å²) in [5.41, 5.74) is -0.941. The summed E-state index contributed by atoms with van der Waals surface area (Å²) in [6, 6.07) is 8.56. The maximum Gasteiger partial charge on any atom is 0.422 e. The number of anilines is 1. The molecule has 0 aliphatic rings. The van der Waals surface area contributed by atoms with Crippen LogP contribution in [0.15, 0.2) is 47.3 Å². The topological polar surface area (TPSA) is 65.3 Å². The number of rotatable bonds is 6. The standard InChI is InChI=1S/C20H17F6N3O3/c1-28-14-4-2-3-5-15(14)29(18(28)31)9-8-17(30)27-13-10-12(20(24,25)26)6-7-16(13)32-11-19(21,22)23/h2-7,10H,8-9,11H2,1H3,(H,27,30). The zero-order chi connectivity index (χ0) is 23.7. The van der Waals surface area contributed by atoms with Gasteiger partial charge < -0.3 is 10.1 Å². The number of halogens is 6. The van der Waals surface area contributed by atoms with Gasteiger partial charge in [-0.2, -0.15) is 26.3 Å². The molecule has 12 heteroatoms. The first-order chi connectivity index (χ1) is 14.9. The number of carbonyl (C=O) groups is 1. The number of ether oxygens (including phenoxy) is 1. The van der Waals surface area contributed by atoms with Crippen molar-refractivity contribution in [3.63, 3.8) is 0 Å². The number of nitrogens with one attached hydrogen (secondary N) is 1. The van der Waals surface area contributed by atoms with E-state index in [1.807, 2.05) is 0 Å². The molecule has 172 valence electrons. The molecular weight excluding hydrogens is 444 g/mol. The number of carbonyl (C=O) groups excluding carboxylic acids is 1. The van der Waals surface area contributed by atoms with Gasteiger partial charge in [0.25, 0.3) is 0 Å². The van der Waals surface area contributed by atoms with Crippen molar-refractivity contribution in [3.05, 3.63) is 58.5 Å². The van der Waals surface area contributed by atoms with Crippen molar-refractivity contribution in [2.45, 2.75) is 25.3 Å². The molecule has 2 aromatic carbocycles. The summed E-state index contributed by atoms with van der Waals surface area (Å²) in [7, 11) is 1.55. The maximum atomic E-state index is 13.0. The van der Waals surface area contributed by atoms with Crippen LogP contribution in [0.2, 0.25) is 0 Å². The molecule has 1 heterocycles. The lowest BCUT2D eigenvalue weighted by Gasteiger charge is -2.16. The van der Waals surface area contributed by atoms with Gasteiger partial charge in [-0.3, -0.25) is 13.9 Å². The third-order valence-corrected chi connectivity index (χ3v) is 4.59. The highest BCUT2D eigenvalue weighted by atomic mass is 19.4. The lowest BCUT2D eigenvalue weighted by Crippen LogP contribution is -2.25. The quantitative estimate of drug-likeness (QED) is 0.556. The molecule has 1 aromatic heterocycles. The number of imidazole rings is 1. The van der Waals surface area contributed by atoms with Gasteiger partial charge in [0.2, 0.25) is 5.91 Å². The van der Waals surface area contributed by atoms with Crippen molar-refractivity contribution in [1.29, 1.82) is 0 Å². The Balaban J connectivity index is 1.80. The summed E-state index contributed by atoms with van der Waals surface area (Å²) in [4.78, 5) is 24.8. The highest BCUT2D eigenvalue weighted by Gasteiger charge is 2.33. The molecule has 3 rings (SSSR count). The van der Waals surface area contributed by atoms with E-state index in [9.17, 15) is 35.9 Å². The van der Waals surface area contributed by atoms with Crippen LogP contribution in [0, 0.1) is 0 Å². The number of aromatic nitrogens is 2. The Hall–Kier alpha value is -3.44. The molecule has 0 aliphatic carbocycles. The third kappa shape index (κ3) is 5.24. The minimum absolute atomic E-state index is 0.0935. The van der Waals surface area contributed by atoms with Gasteiger partial charge in [-0.15, -0.1) is 0 Å². The van der Waals surface area contributed by atoms with Crippen LogP contribution in [-0.2, 0) is 24.6 Å². The van der Waals surface area contributed by atoms with E-state index in [1.165, 1.54) is 9.13 Å². The van der Waals surface area contributed by atoms with E-state index in [4.69, 9.17) is 0 Å². The summed E-state index contributed by atoms with van der Waals surface area (Å²) in [5.74, 6) is -1.37. The third-order valence-electron chi connectivity index (χ3n) is 4.59. The molecule has 1 N–H and O–H groups in total. The Morgan fingerprint density at radius 2 is 1.69 bits per heavy atom. The number of hydrogen-bond donors (Lipinski definition) is 1. The first kappa shape index (κ1) is 23.2. The van der Waals surface area contributed by atoms with E-state index in [0.717, 1.165) is 0 Å². The lowest BCUT2D eigenvalue weighted by molar-refractivity contribution is -0.153. The van der Waals surface area contributed by atoms with E-state index < -0.39 is 47.6 Å². The predicted octanol–water partition coefficient (Wildman–Crippen LogP) is 4.33. The molecule has 0 unspecified atom stereocenters. The first-order valence-corrected chi connectivity index (χ1v) is 9.22. The second kappa shape index (κ2) is 8.60. The van der Waals surface area contributed by atoms with Gasteiger partial charge in [0.15, 0.2) is 6.61 Å². The summed E-state index contributed by atoms with van der Waals surface area (Å²) in [6.07, 6.45) is -9.82. The molecule has 0 atom stereocenters. The van der Waals surface area contributed by atoms with Crippen LogP contribution in [0.5, 0.6) is 5.75 Å². The minimum atomic E-state index is -4.78. The van der Waals surface area contributed by atoms with Gasteiger partial charge in [-0.25, -0.2) is 4.79 Å². The fourth-order valence-corrected chi connectivity index (χ4v) is 3.09. The number of amides is 1. The largest absolute Gasteiger partial charge is 0.482 e. The fourth-order valence-electron chi connectivity index (χ4n) is 3.09. The van der Waals surface area contributed by atoms with Crippen LogP contribution in [0.25, 0.3) is 11.0 Å². The summed E-state index contributed by atoms with van der Waals surface area (Å²) >= 11 is 0. The van der Waals surface area contributed by atoms with E-state index in [-0.39, 0.29) is 13.0 Å². The number of aryl methyl sites for hydroxylation is 2. The van der Waals surface area contributed by atoms with Crippen LogP contribution >= 0.6 is 0 Å². The molecule has 1 amide bonds. The minimum Gasteiger partial charge on any atom is -0.482 e. The average molecular weight is 461 g/mol. The molecule has 0 saturated carbocycles. The molecule has 0 spiro atoms. The highest BCUT2D eigenvalue weighted by Crippen LogP contribution is 2.35. The van der Waals surface area contributed by atoms with Gasteiger partial charge in [-0.1, -0.05) is 12.1 Å². The predicted molar refractivity (Wildman–Crippen MR) is 103 cm³/mol. The summed E-state index contributed by atoms with van der Waals surface area (Å²) in [6.45, 7) is -1.84. The molecule has 0 fully saturated rings. The Bertz CT molecular complexity index is 1190. The van der Waals surface area contributed by atoms with E-state index in [0.29, 0.717) is 29.2 Å². The average Bonchev–Trinajstić information content (AvgIpc) is 2.94. The fraction of sp³-hybridized carbons (Fsp3) is 0.300. The van der Waals surface area contributed by atoms with E-state index >= 15 is 0 Å². The molecule has 0 aliphatic heterocycles. The monoisotopic (exact) mass is 461 g/mol. The lowest BCUT2D eigenvalue weighted by atomic mass is 10.1. The molecule has 32 heavy (non-hydrogen) atoms. The van der Waals surface area contributed by atoms with Crippen molar-refractivity contribution in [3.8, 4) is 5.75 Å². The van der Waals surface area contributed by atoms with E-state index in [2.05, 4.69) is 10.1 Å². The molecule has 0 radical (unpaired) electrons. The van der Waals surface area contributed by atoms with Crippen molar-refractivity contribution in [2.24, 2.45) is 7.05 Å². The Kier molecular flexibility index (Phi) is 6.24. The highest BCUT2D eigenvalue weighted by molar-refractivity contribution is 5.92. The van der Waals surface area contributed by atoms with E-state index in [1.54, 1.807) is 31.3 Å². The molecule has 3 aromatic rings. The number of alkyl halides is 6. The number of hydrogen-bond acceptors (Lipinski definition) is 3. The normalized spacial score (nSPS) is 12.2. The Morgan fingerprint density at radius 3 is 2.31 bits per heavy atom. The Morgan fingerprint density at radius 1 is 1.03 bits per heavy atom. The number of fused-ring (bicyclic) bond motifs is 1. The van der Waals surface area contributed by atoms with Crippen LogP contribution in [0.4, 0.5) is 32.0 Å². The molecule has 0 saturated heterocycles. The van der Waals surface area contributed by atoms with Gasteiger partial charge in [-0.05, 0) is 30.3 Å². The molecule has 6 nitrogen and oxygen atoms in total. The summed E-state index contributed by atoms with van der Waals surface area (Å²) < 4.78 is 83.6. The van der Waals surface area contributed by atoms with Crippen molar-refractivity contribution >= 4 is 22.6 Å². The molecule has 0 bridgehead atoms. The molecular formula is C20H17F6N3O3. The van der Waals surface area contributed by atoms with Crippen LogP contribution in [-0.4, -0.2) is 27.8 Å². The SMILES string of the molecule is Cn1c(=O)n(CCC(=O)Nc2cc(C(F)(F)F)ccc2OCC(F)(F)F)c2ccccc21. The van der Waals surface area contributed by atoms with Gasteiger partial charge >= 0.3 is 18.0 Å². The van der Waals surface area contributed by atoms with Crippen molar-refractivity contribution in [1.82, 2.24) is 9.13 Å². The van der Waals surface area contributed by atoms with Gasteiger partial charge in [0.1, 0.15) is 5.75 Å². The van der Waals surface area contributed by atoms with Crippen molar-refractivity contribution < 1.29 is 35.9 Å². The van der Waals surface area contributed by atoms with Crippen LogP contribution < -0.4 is 15.7 Å². The zero-order valence-electron chi connectivity index (χ0n) is 16.5. The van der Waals surface area contributed by atoms with Crippen molar-refractivity contribution in [2.75, 3.05) is 11.9 Å². The van der Waals surface area contributed by atoms with Crippen LogP contribution in [0.3, 0.4) is 0 Å². The van der Waals surface area contributed by atoms with Gasteiger partial charge in [0, 0.05) is 20.0 Å². The number of nitrogens with zero attached hydrogens (tertiary/aromatic N) is 2. The van der Waals surface area contributed by atoms with Gasteiger partial charge in [0.05, 0.1) is 22.3 Å². The maximum absolute atomic E-state index is 13.0. The number of para-hydroxylation sites is 2. The Labute approximate surface area is 177 Å². The first-order valence-electron chi connectivity index (χ1n) is 9.22. The second-order valence-electron chi connectivity index (χ2n) is 6.89. The number of benzene rings is 2. The zero-order valence-corrected chi connectivity index (χ0v) is 16.5. The second-order valence-corrected chi connectivity index (χ2v) is 6.89.